The molecule has 0 saturated carbocycles. The molecule has 5 aromatic heterocycles. The molecule has 6 heteroatoms. The number of fused-ring (bicyclic) bond motifs is 14. The second-order valence-corrected chi connectivity index (χ2v) is 15.6. The van der Waals surface area contributed by atoms with Crippen molar-refractivity contribution in [3.63, 3.8) is 0 Å². The number of rotatable bonds is 3. The van der Waals surface area contributed by atoms with E-state index in [9.17, 15) is 0 Å². The largest absolute Gasteiger partial charge is 0.455 e. The zero-order chi connectivity index (χ0) is 36.5. The molecular weight excluding hydrogens is 705 g/mol. The van der Waals surface area contributed by atoms with Gasteiger partial charge in [-0.15, -0.1) is 11.3 Å². The van der Waals surface area contributed by atoms with Crippen LogP contribution in [0.25, 0.3) is 119 Å². The fraction of sp³-hybridized carbons (Fsp3) is 0. The Kier molecular flexibility index (Phi) is 5.98. The summed E-state index contributed by atoms with van der Waals surface area (Å²) in [6, 6.07) is 58.7. The molecule has 13 aromatic rings. The molecular formula is C50H28N4OS. The Morgan fingerprint density at radius 2 is 1.09 bits per heavy atom. The van der Waals surface area contributed by atoms with E-state index in [4.69, 9.17) is 14.4 Å². The summed E-state index contributed by atoms with van der Waals surface area (Å²) >= 11 is 1.84. The van der Waals surface area contributed by atoms with Crippen LogP contribution in [0.4, 0.5) is 0 Å². The first kappa shape index (κ1) is 30.1. The monoisotopic (exact) mass is 732 g/mol. The summed E-state index contributed by atoms with van der Waals surface area (Å²) in [6.45, 7) is 0. The molecule has 56 heavy (non-hydrogen) atoms. The molecule has 0 aliphatic heterocycles. The van der Waals surface area contributed by atoms with Crippen molar-refractivity contribution >= 4 is 108 Å². The Hall–Kier alpha value is -7.28. The van der Waals surface area contributed by atoms with E-state index in [0.717, 1.165) is 49.4 Å². The molecule has 0 aliphatic rings. The SMILES string of the molecule is c1ccc2nc(-n3c4ccccc4c4cc(-c5ccc6c(c5)c5ccccc5n6-c5cc6c7ccccc7oc6c6c5sc5ccccc56)ccc43)ncc2c1. The molecule has 0 atom stereocenters. The second kappa shape index (κ2) is 11.1. The molecule has 0 radical (unpaired) electrons. The number of hydrogen-bond donors (Lipinski definition) is 0. The van der Waals surface area contributed by atoms with Gasteiger partial charge >= 0.3 is 0 Å². The summed E-state index contributed by atoms with van der Waals surface area (Å²) in [4.78, 5) is 9.82. The van der Waals surface area contributed by atoms with Crippen LogP contribution in [-0.4, -0.2) is 19.1 Å². The zero-order valence-electron chi connectivity index (χ0n) is 29.8. The van der Waals surface area contributed by atoms with Crippen molar-refractivity contribution in [1.29, 1.82) is 0 Å². The lowest BCUT2D eigenvalue weighted by Gasteiger charge is -2.11. The van der Waals surface area contributed by atoms with Gasteiger partial charge in [-0.25, -0.2) is 9.97 Å². The first-order chi connectivity index (χ1) is 27.8. The number of hydrogen-bond acceptors (Lipinski definition) is 4. The summed E-state index contributed by atoms with van der Waals surface area (Å²) in [5, 5.41) is 10.5. The number of nitrogens with zero attached hydrogens (tertiary/aromatic N) is 4. The minimum atomic E-state index is 0.672. The van der Waals surface area contributed by atoms with E-state index < -0.39 is 0 Å². The minimum absolute atomic E-state index is 0.672. The van der Waals surface area contributed by atoms with Gasteiger partial charge in [0.05, 0.1) is 38.0 Å². The van der Waals surface area contributed by atoms with Crippen molar-refractivity contribution in [3.8, 4) is 22.8 Å². The lowest BCUT2D eigenvalue weighted by atomic mass is 10.0. The molecule has 0 N–H and O–H groups in total. The van der Waals surface area contributed by atoms with Crippen molar-refractivity contribution in [1.82, 2.24) is 19.1 Å². The van der Waals surface area contributed by atoms with E-state index in [2.05, 4.69) is 149 Å². The number of furan rings is 1. The van der Waals surface area contributed by atoms with Gasteiger partial charge in [-0.05, 0) is 71.8 Å². The number of aromatic nitrogens is 4. The van der Waals surface area contributed by atoms with Crippen molar-refractivity contribution in [2.24, 2.45) is 0 Å². The van der Waals surface area contributed by atoms with Crippen LogP contribution in [0.3, 0.4) is 0 Å². The number of thiophene rings is 1. The predicted molar refractivity (Wildman–Crippen MR) is 234 cm³/mol. The number of benzene rings is 8. The van der Waals surface area contributed by atoms with Gasteiger partial charge in [0.1, 0.15) is 11.2 Å². The summed E-state index contributed by atoms with van der Waals surface area (Å²) in [5.41, 5.74) is 10.8. The predicted octanol–water partition coefficient (Wildman–Crippen LogP) is 13.8. The van der Waals surface area contributed by atoms with Crippen LogP contribution < -0.4 is 0 Å². The zero-order valence-corrected chi connectivity index (χ0v) is 30.6. The van der Waals surface area contributed by atoms with Gasteiger partial charge in [-0.3, -0.25) is 4.57 Å². The Labute approximate surface area is 322 Å². The van der Waals surface area contributed by atoms with Crippen LogP contribution in [-0.2, 0) is 0 Å². The summed E-state index contributed by atoms with van der Waals surface area (Å²) in [7, 11) is 0. The van der Waals surface area contributed by atoms with E-state index in [1.165, 1.54) is 64.0 Å². The van der Waals surface area contributed by atoms with Crippen LogP contribution in [0.5, 0.6) is 0 Å². The van der Waals surface area contributed by atoms with Gasteiger partial charge in [0.15, 0.2) is 0 Å². The van der Waals surface area contributed by atoms with Gasteiger partial charge in [0.25, 0.3) is 0 Å². The molecule has 8 aromatic carbocycles. The van der Waals surface area contributed by atoms with Gasteiger partial charge in [0, 0.05) is 59.4 Å². The molecule has 5 heterocycles. The maximum Gasteiger partial charge on any atom is 0.235 e. The molecule has 0 fully saturated rings. The Morgan fingerprint density at radius 1 is 0.482 bits per heavy atom. The highest BCUT2D eigenvalue weighted by Gasteiger charge is 2.22. The van der Waals surface area contributed by atoms with E-state index in [0.29, 0.717) is 5.95 Å². The highest BCUT2D eigenvalue weighted by Crippen LogP contribution is 2.47. The topological polar surface area (TPSA) is 48.8 Å². The van der Waals surface area contributed by atoms with Gasteiger partial charge in [-0.2, -0.15) is 0 Å². The molecule has 260 valence electrons. The van der Waals surface area contributed by atoms with Gasteiger partial charge < -0.3 is 8.98 Å². The van der Waals surface area contributed by atoms with Crippen LogP contribution in [0.2, 0.25) is 0 Å². The standard InChI is InChI=1S/C50H28N4OS/c1-6-16-39-31(11-1)28-51-50(52-39)54-41-18-8-3-13-33(41)37-26-30(22-24-43(37)54)29-21-23-42-36(25-29)32-12-2-7-17-40(32)53(42)44-27-38-34-14-4-9-19-45(34)55-48(38)47-35-15-5-10-20-46(35)56-49(44)47/h1-28H. The van der Waals surface area contributed by atoms with Crippen LogP contribution in [0.1, 0.15) is 0 Å². The molecule has 0 unspecified atom stereocenters. The normalized spacial score (nSPS) is 12.3. The maximum absolute atomic E-state index is 6.63. The first-order valence-corrected chi connectivity index (χ1v) is 19.6. The molecule has 0 aliphatic carbocycles. The van der Waals surface area contributed by atoms with Crippen LogP contribution in [0.15, 0.2) is 174 Å². The lowest BCUT2D eigenvalue weighted by Crippen LogP contribution is -2.00. The fourth-order valence-corrected chi connectivity index (χ4v) is 10.3. The molecule has 0 spiro atoms. The fourth-order valence-electron chi connectivity index (χ4n) is 9.06. The minimum Gasteiger partial charge on any atom is -0.455 e. The average Bonchev–Trinajstić information content (AvgIpc) is 4.01. The van der Waals surface area contributed by atoms with E-state index in [1.807, 2.05) is 41.8 Å². The van der Waals surface area contributed by atoms with E-state index >= 15 is 0 Å². The molecule has 0 amide bonds. The third kappa shape index (κ3) is 4.08. The summed E-state index contributed by atoms with van der Waals surface area (Å²) in [6.07, 6.45) is 1.92. The molecule has 0 saturated heterocycles. The molecule has 13 rings (SSSR count). The van der Waals surface area contributed by atoms with E-state index in [1.54, 1.807) is 0 Å². The van der Waals surface area contributed by atoms with Crippen molar-refractivity contribution < 1.29 is 4.42 Å². The maximum atomic E-state index is 6.63. The van der Waals surface area contributed by atoms with Crippen molar-refractivity contribution in [3.05, 3.63) is 170 Å². The summed E-state index contributed by atoms with van der Waals surface area (Å²) in [5.74, 6) is 0.672. The second-order valence-electron chi connectivity index (χ2n) is 14.6. The van der Waals surface area contributed by atoms with Crippen molar-refractivity contribution in [2.45, 2.75) is 0 Å². The highest BCUT2D eigenvalue weighted by molar-refractivity contribution is 7.26. The smallest absolute Gasteiger partial charge is 0.235 e. The van der Waals surface area contributed by atoms with Crippen molar-refractivity contribution in [2.75, 3.05) is 0 Å². The Morgan fingerprint density at radius 3 is 1.88 bits per heavy atom. The Bertz CT molecular complexity index is 3790. The number of para-hydroxylation sites is 4. The molecule has 5 nitrogen and oxygen atoms in total. The van der Waals surface area contributed by atoms with Gasteiger partial charge in [0.2, 0.25) is 5.95 Å². The molecule has 0 bridgehead atoms. The first-order valence-electron chi connectivity index (χ1n) is 18.8. The average molecular weight is 733 g/mol. The van der Waals surface area contributed by atoms with Gasteiger partial charge in [-0.1, -0.05) is 103 Å². The third-order valence-electron chi connectivity index (χ3n) is 11.6. The Balaban J connectivity index is 1.04. The quantitative estimate of drug-likeness (QED) is 0.182. The summed E-state index contributed by atoms with van der Waals surface area (Å²) < 4.78 is 13.8. The highest BCUT2D eigenvalue weighted by atomic mass is 32.1. The van der Waals surface area contributed by atoms with Crippen LogP contribution >= 0.6 is 11.3 Å². The third-order valence-corrected chi connectivity index (χ3v) is 12.8. The van der Waals surface area contributed by atoms with E-state index in [-0.39, 0.29) is 0 Å². The lowest BCUT2D eigenvalue weighted by molar-refractivity contribution is 0.673. The van der Waals surface area contributed by atoms with Crippen LogP contribution in [0, 0.1) is 0 Å².